The van der Waals surface area contributed by atoms with E-state index < -0.39 is 0 Å². The molecule has 0 atom stereocenters. The van der Waals surface area contributed by atoms with Crippen LogP contribution in [-0.2, 0) is 17.9 Å². The topological polar surface area (TPSA) is 34.4 Å². The SMILES string of the molecule is Clc1ccccc1COCCNCc1ccco1. The molecule has 2 rings (SSSR count). The van der Waals surface area contributed by atoms with Gasteiger partial charge in [-0.3, -0.25) is 0 Å². The fraction of sp³-hybridized carbons (Fsp3) is 0.286. The summed E-state index contributed by atoms with van der Waals surface area (Å²) >= 11 is 6.02. The van der Waals surface area contributed by atoms with Gasteiger partial charge in [0.05, 0.1) is 26.0 Å². The molecule has 1 aromatic heterocycles. The Kier molecular flexibility index (Phi) is 5.27. The molecule has 3 nitrogen and oxygen atoms in total. The predicted octanol–water partition coefficient (Wildman–Crippen LogP) is 3.24. The molecule has 0 aliphatic carbocycles. The summed E-state index contributed by atoms with van der Waals surface area (Å²) in [5, 5.41) is 3.99. The smallest absolute Gasteiger partial charge is 0.117 e. The molecule has 0 saturated heterocycles. The monoisotopic (exact) mass is 265 g/mol. The van der Waals surface area contributed by atoms with Gasteiger partial charge in [0.25, 0.3) is 0 Å². The van der Waals surface area contributed by atoms with E-state index in [-0.39, 0.29) is 0 Å². The maximum Gasteiger partial charge on any atom is 0.117 e. The summed E-state index contributed by atoms with van der Waals surface area (Å²) in [7, 11) is 0. The van der Waals surface area contributed by atoms with Gasteiger partial charge in [-0.2, -0.15) is 0 Å². The number of ether oxygens (including phenoxy) is 1. The molecular formula is C14H16ClNO2. The lowest BCUT2D eigenvalue weighted by Crippen LogP contribution is -2.18. The zero-order valence-corrected chi connectivity index (χ0v) is 10.8. The lowest BCUT2D eigenvalue weighted by atomic mass is 10.2. The van der Waals surface area contributed by atoms with Gasteiger partial charge in [0.2, 0.25) is 0 Å². The van der Waals surface area contributed by atoms with Crippen LogP contribution in [-0.4, -0.2) is 13.2 Å². The van der Waals surface area contributed by atoms with Crippen molar-refractivity contribution in [2.75, 3.05) is 13.2 Å². The molecule has 1 N–H and O–H groups in total. The zero-order chi connectivity index (χ0) is 12.6. The summed E-state index contributed by atoms with van der Waals surface area (Å²) in [4.78, 5) is 0. The first kappa shape index (κ1) is 13.1. The van der Waals surface area contributed by atoms with E-state index in [0.717, 1.165) is 29.4 Å². The normalized spacial score (nSPS) is 10.7. The van der Waals surface area contributed by atoms with E-state index in [2.05, 4.69) is 5.32 Å². The first-order valence-corrected chi connectivity index (χ1v) is 6.28. The average molecular weight is 266 g/mol. The van der Waals surface area contributed by atoms with Crippen LogP contribution in [0, 0.1) is 0 Å². The van der Waals surface area contributed by atoms with Gasteiger partial charge in [0, 0.05) is 11.6 Å². The molecule has 0 saturated carbocycles. The van der Waals surface area contributed by atoms with Crippen LogP contribution in [0.3, 0.4) is 0 Å². The second-order valence-electron chi connectivity index (χ2n) is 3.90. The van der Waals surface area contributed by atoms with E-state index in [1.807, 2.05) is 36.4 Å². The van der Waals surface area contributed by atoms with E-state index in [0.29, 0.717) is 13.2 Å². The minimum Gasteiger partial charge on any atom is -0.468 e. The molecule has 1 aromatic carbocycles. The molecule has 0 aliphatic heterocycles. The van der Waals surface area contributed by atoms with Gasteiger partial charge in [-0.1, -0.05) is 29.8 Å². The van der Waals surface area contributed by atoms with Gasteiger partial charge in [0.1, 0.15) is 5.76 Å². The Labute approximate surface area is 112 Å². The van der Waals surface area contributed by atoms with Crippen molar-refractivity contribution < 1.29 is 9.15 Å². The molecule has 0 aliphatic rings. The summed E-state index contributed by atoms with van der Waals surface area (Å²) in [5.74, 6) is 0.932. The highest BCUT2D eigenvalue weighted by Gasteiger charge is 1.98. The average Bonchev–Trinajstić information content (AvgIpc) is 2.89. The van der Waals surface area contributed by atoms with Crippen molar-refractivity contribution in [2.24, 2.45) is 0 Å². The van der Waals surface area contributed by atoms with Gasteiger partial charge in [-0.25, -0.2) is 0 Å². The van der Waals surface area contributed by atoms with Crippen molar-refractivity contribution in [3.63, 3.8) is 0 Å². The lowest BCUT2D eigenvalue weighted by Gasteiger charge is -2.06. The number of hydrogen-bond acceptors (Lipinski definition) is 3. The van der Waals surface area contributed by atoms with E-state index >= 15 is 0 Å². The van der Waals surface area contributed by atoms with E-state index in [4.69, 9.17) is 20.8 Å². The molecule has 0 bridgehead atoms. The van der Waals surface area contributed by atoms with Gasteiger partial charge in [0.15, 0.2) is 0 Å². The molecule has 0 radical (unpaired) electrons. The highest BCUT2D eigenvalue weighted by Crippen LogP contribution is 2.15. The van der Waals surface area contributed by atoms with Crippen LogP contribution in [0.2, 0.25) is 5.02 Å². The Morgan fingerprint density at radius 3 is 2.83 bits per heavy atom. The maximum absolute atomic E-state index is 6.02. The number of hydrogen-bond donors (Lipinski definition) is 1. The third-order valence-electron chi connectivity index (χ3n) is 2.52. The summed E-state index contributed by atoms with van der Waals surface area (Å²) in [6.07, 6.45) is 1.67. The number of nitrogens with one attached hydrogen (secondary N) is 1. The molecule has 1 heterocycles. The lowest BCUT2D eigenvalue weighted by molar-refractivity contribution is 0.122. The molecule has 4 heteroatoms. The number of furan rings is 1. The van der Waals surface area contributed by atoms with Gasteiger partial charge in [-0.15, -0.1) is 0 Å². The van der Waals surface area contributed by atoms with Crippen molar-refractivity contribution in [1.82, 2.24) is 5.32 Å². The van der Waals surface area contributed by atoms with Gasteiger partial charge >= 0.3 is 0 Å². The zero-order valence-electron chi connectivity index (χ0n) is 10.1. The summed E-state index contributed by atoms with van der Waals surface area (Å²) in [6, 6.07) is 11.5. The Morgan fingerprint density at radius 2 is 2.06 bits per heavy atom. The van der Waals surface area contributed by atoms with E-state index in [1.54, 1.807) is 6.26 Å². The first-order valence-electron chi connectivity index (χ1n) is 5.90. The molecule has 0 fully saturated rings. The van der Waals surface area contributed by atoms with Gasteiger partial charge < -0.3 is 14.5 Å². The number of rotatable bonds is 7. The first-order chi connectivity index (χ1) is 8.86. The summed E-state index contributed by atoms with van der Waals surface area (Å²) in [6.45, 7) is 2.70. The van der Waals surface area contributed by atoms with Crippen molar-refractivity contribution in [2.45, 2.75) is 13.2 Å². The standard InChI is InChI=1S/C14H16ClNO2/c15-14-6-2-1-4-12(14)11-17-9-7-16-10-13-5-3-8-18-13/h1-6,8,16H,7,9-11H2. The van der Waals surface area contributed by atoms with Crippen LogP contribution in [0.25, 0.3) is 0 Å². The number of benzene rings is 1. The summed E-state index contributed by atoms with van der Waals surface area (Å²) < 4.78 is 10.7. The van der Waals surface area contributed by atoms with Crippen molar-refractivity contribution in [1.29, 1.82) is 0 Å². The fourth-order valence-electron chi connectivity index (χ4n) is 1.57. The third kappa shape index (κ3) is 4.18. The number of halogens is 1. The highest BCUT2D eigenvalue weighted by molar-refractivity contribution is 6.31. The Bertz CT molecular complexity index is 457. The third-order valence-corrected chi connectivity index (χ3v) is 2.89. The molecule has 18 heavy (non-hydrogen) atoms. The van der Waals surface area contributed by atoms with Crippen LogP contribution in [0.1, 0.15) is 11.3 Å². The predicted molar refractivity (Wildman–Crippen MR) is 71.5 cm³/mol. The Hall–Kier alpha value is -1.29. The molecular weight excluding hydrogens is 250 g/mol. The van der Waals surface area contributed by atoms with Crippen LogP contribution >= 0.6 is 11.6 Å². The second kappa shape index (κ2) is 7.21. The van der Waals surface area contributed by atoms with Crippen LogP contribution in [0.15, 0.2) is 47.1 Å². The maximum atomic E-state index is 6.02. The largest absolute Gasteiger partial charge is 0.468 e. The van der Waals surface area contributed by atoms with Gasteiger partial charge in [-0.05, 0) is 23.8 Å². The van der Waals surface area contributed by atoms with Crippen LogP contribution < -0.4 is 5.32 Å². The molecule has 0 amide bonds. The fourth-order valence-corrected chi connectivity index (χ4v) is 1.76. The Morgan fingerprint density at radius 1 is 1.17 bits per heavy atom. The molecule has 2 aromatic rings. The molecule has 0 unspecified atom stereocenters. The quantitative estimate of drug-likeness (QED) is 0.781. The van der Waals surface area contributed by atoms with Crippen molar-refractivity contribution >= 4 is 11.6 Å². The molecule has 96 valence electrons. The van der Waals surface area contributed by atoms with E-state index in [9.17, 15) is 0 Å². The minimum absolute atomic E-state index is 0.544. The minimum atomic E-state index is 0.544. The molecule has 0 spiro atoms. The highest BCUT2D eigenvalue weighted by atomic mass is 35.5. The summed E-state index contributed by atoms with van der Waals surface area (Å²) in [5.41, 5.74) is 1.02. The van der Waals surface area contributed by atoms with Crippen LogP contribution in [0.4, 0.5) is 0 Å². The Balaban J connectivity index is 1.58. The van der Waals surface area contributed by atoms with Crippen molar-refractivity contribution in [3.8, 4) is 0 Å². The second-order valence-corrected chi connectivity index (χ2v) is 4.31. The van der Waals surface area contributed by atoms with E-state index in [1.165, 1.54) is 0 Å². The van der Waals surface area contributed by atoms with Crippen molar-refractivity contribution in [3.05, 3.63) is 59.0 Å². The van der Waals surface area contributed by atoms with Crippen LogP contribution in [0.5, 0.6) is 0 Å².